The van der Waals surface area contributed by atoms with E-state index in [1.807, 2.05) is 32.2 Å². The first-order valence-electron chi connectivity index (χ1n) is 5.33. The van der Waals surface area contributed by atoms with E-state index in [0.29, 0.717) is 5.56 Å². The molecule has 2 aromatic rings. The zero-order valence-corrected chi connectivity index (χ0v) is 10.1. The number of fused-ring (bicyclic) bond motifs is 1. The Hall–Kier alpha value is -2.10. The second kappa shape index (κ2) is 4.41. The van der Waals surface area contributed by atoms with E-state index in [9.17, 15) is 4.79 Å². The lowest BCUT2D eigenvalue weighted by Gasteiger charge is -2.07. The van der Waals surface area contributed by atoms with Crippen molar-refractivity contribution in [3.8, 4) is 0 Å². The Morgan fingerprint density at radius 3 is 2.76 bits per heavy atom. The molecule has 1 aromatic heterocycles. The minimum Gasteiger partial charge on any atom is -0.465 e. The molecule has 1 heterocycles. The maximum absolute atomic E-state index is 11.5. The first-order valence-corrected chi connectivity index (χ1v) is 5.33. The van der Waals surface area contributed by atoms with Gasteiger partial charge in [0.2, 0.25) is 0 Å². The Bertz CT molecular complexity index is 579. The fraction of sp³-hybridized carbons (Fsp3) is 0.231. The molecule has 0 spiro atoms. The molecular formula is C13H14N2O2. The van der Waals surface area contributed by atoms with E-state index in [1.165, 1.54) is 7.11 Å². The van der Waals surface area contributed by atoms with Crippen LogP contribution in [0.4, 0.5) is 5.82 Å². The molecule has 4 heteroatoms. The summed E-state index contributed by atoms with van der Waals surface area (Å²) in [5, 5.41) is 4.01. The highest BCUT2D eigenvalue weighted by atomic mass is 16.5. The van der Waals surface area contributed by atoms with Crippen LogP contribution in [0.1, 0.15) is 15.9 Å². The number of carbonyl (C=O) groups excluding carboxylic acids is 1. The molecule has 0 bridgehead atoms. The number of aryl methyl sites for hydroxylation is 1. The Morgan fingerprint density at radius 2 is 2.12 bits per heavy atom. The molecule has 0 amide bonds. The number of esters is 1. The van der Waals surface area contributed by atoms with Crippen molar-refractivity contribution in [1.29, 1.82) is 0 Å². The van der Waals surface area contributed by atoms with Gasteiger partial charge in [-0.15, -0.1) is 0 Å². The molecule has 0 saturated carbocycles. The van der Waals surface area contributed by atoms with Gasteiger partial charge in [0.15, 0.2) is 0 Å². The van der Waals surface area contributed by atoms with Crippen molar-refractivity contribution in [3.05, 3.63) is 35.4 Å². The maximum atomic E-state index is 11.5. The Balaban J connectivity index is 2.65. The average molecular weight is 230 g/mol. The highest BCUT2D eigenvalue weighted by molar-refractivity contribution is 5.95. The van der Waals surface area contributed by atoms with Crippen molar-refractivity contribution in [2.45, 2.75) is 6.92 Å². The van der Waals surface area contributed by atoms with E-state index in [2.05, 4.69) is 10.3 Å². The van der Waals surface area contributed by atoms with Gasteiger partial charge in [0.05, 0.1) is 18.2 Å². The number of pyridine rings is 1. The van der Waals surface area contributed by atoms with Crippen LogP contribution in [-0.4, -0.2) is 25.1 Å². The number of benzene rings is 1. The van der Waals surface area contributed by atoms with Crippen molar-refractivity contribution in [3.63, 3.8) is 0 Å². The fourth-order valence-electron chi connectivity index (χ4n) is 1.79. The van der Waals surface area contributed by atoms with Gasteiger partial charge in [-0.25, -0.2) is 9.78 Å². The summed E-state index contributed by atoms with van der Waals surface area (Å²) in [5.41, 5.74) is 2.33. The molecule has 2 rings (SSSR count). The lowest BCUT2D eigenvalue weighted by atomic mass is 10.1. The zero-order chi connectivity index (χ0) is 12.4. The Labute approximate surface area is 99.6 Å². The highest BCUT2D eigenvalue weighted by Crippen LogP contribution is 2.21. The predicted octanol–water partition coefficient (Wildman–Crippen LogP) is 2.37. The predicted molar refractivity (Wildman–Crippen MR) is 67.4 cm³/mol. The molecule has 17 heavy (non-hydrogen) atoms. The third-order valence-electron chi connectivity index (χ3n) is 2.69. The minimum absolute atomic E-state index is 0.341. The van der Waals surface area contributed by atoms with Crippen LogP contribution in [-0.2, 0) is 4.74 Å². The van der Waals surface area contributed by atoms with Gasteiger partial charge < -0.3 is 10.1 Å². The molecule has 0 unspecified atom stereocenters. The largest absolute Gasteiger partial charge is 0.465 e. The number of hydrogen-bond donors (Lipinski definition) is 1. The van der Waals surface area contributed by atoms with E-state index in [4.69, 9.17) is 4.74 Å². The summed E-state index contributed by atoms with van der Waals surface area (Å²) in [6.07, 6.45) is 0. The summed E-state index contributed by atoms with van der Waals surface area (Å²) in [7, 11) is 3.19. The number of carbonyl (C=O) groups is 1. The van der Waals surface area contributed by atoms with Crippen molar-refractivity contribution in [1.82, 2.24) is 4.98 Å². The number of anilines is 1. The molecule has 0 fully saturated rings. The molecule has 0 aliphatic carbocycles. The highest BCUT2D eigenvalue weighted by Gasteiger charge is 2.09. The van der Waals surface area contributed by atoms with Gasteiger partial charge in [-0.1, -0.05) is 0 Å². The van der Waals surface area contributed by atoms with Gasteiger partial charge in [-0.3, -0.25) is 0 Å². The fourth-order valence-corrected chi connectivity index (χ4v) is 1.79. The third-order valence-corrected chi connectivity index (χ3v) is 2.69. The van der Waals surface area contributed by atoms with E-state index >= 15 is 0 Å². The molecule has 0 atom stereocenters. The number of methoxy groups -OCH3 is 1. The molecule has 1 N–H and O–H groups in total. The number of hydrogen-bond acceptors (Lipinski definition) is 4. The molecule has 1 aromatic carbocycles. The molecule has 88 valence electrons. The molecule has 0 saturated heterocycles. The molecule has 0 radical (unpaired) electrons. The van der Waals surface area contributed by atoms with Crippen molar-refractivity contribution in [2.24, 2.45) is 0 Å². The monoisotopic (exact) mass is 230 g/mol. The Morgan fingerprint density at radius 1 is 1.35 bits per heavy atom. The smallest absolute Gasteiger partial charge is 0.337 e. The summed E-state index contributed by atoms with van der Waals surface area (Å²) in [4.78, 5) is 15.9. The SMILES string of the molecule is CNc1ccc2c(C)cc(C(=O)OC)cc2n1. The third kappa shape index (κ3) is 2.06. The summed E-state index contributed by atoms with van der Waals surface area (Å²) < 4.78 is 4.71. The van der Waals surface area contributed by atoms with Gasteiger partial charge in [0.1, 0.15) is 5.82 Å². The van der Waals surface area contributed by atoms with Crippen LogP contribution in [0.3, 0.4) is 0 Å². The van der Waals surface area contributed by atoms with Gasteiger partial charge in [-0.05, 0) is 36.8 Å². The van der Waals surface area contributed by atoms with Crippen LogP contribution in [0.25, 0.3) is 10.9 Å². The summed E-state index contributed by atoms with van der Waals surface area (Å²) >= 11 is 0. The minimum atomic E-state index is -0.341. The van der Waals surface area contributed by atoms with Gasteiger partial charge in [0, 0.05) is 12.4 Å². The van der Waals surface area contributed by atoms with E-state index in [1.54, 1.807) is 6.07 Å². The van der Waals surface area contributed by atoms with E-state index in [0.717, 1.165) is 22.3 Å². The second-order valence-electron chi connectivity index (χ2n) is 3.80. The molecule has 0 aliphatic rings. The quantitative estimate of drug-likeness (QED) is 0.805. The lowest BCUT2D eigenvalue weighted by Crippen LogP contribution is -2.02. The van der Waals surface area contributed by atoms with Crippen molar-refractivity contribution < 1.29 is 9.53 Å². The maximum Gasteiger partial charge on any atom is 0.337 e. The van der Waals surface area contributed by atoms with Crippen LogP contribution in [0.5, 0.6) is 0 Å². The summed E-state index contributed by atoms with van der Waals surface area (Å²) in [6.45, 7) is 1.95. The summed E-state index contributed by atoms with van der Waals surface area (Å²) in [5.74, 6) is 0.436. The first-order chi connectivity index (χ1) is 8.15. The van der Waals surface area contributed by atoms with Gasteiger partial charge in [-0.2, -0.15) is 0 Å². The van der Waals surface area contributed by atoms with Crippen LogP contribution < -0.4 is 5.32 Å². The second-order valence-corrected chi connectivity index (χ2v) is 3.80. The van der Waals surface area contributed by atoms with Crippen molar-refractivity contribution >= 4 is 22.7 Å². The topological polar surface area (TPSA) is 51.2 Å². The zero-order valence-electron chi connectivity index (χ0n) is 10.1. The Kier molecular flexibility index (Phi) is 2.95. The van der Waals surface area contributed by atoms with E-state index in [-0.39, 0.29) is 5.97 Å². The molecular weight excluding hydrogens is 216 g/mol. The number of aromatic nitrogens is 1. The van der Waals surface area contributed by atoms with Crippen LogP contribution in [0.2, 0.25) is 0 Å². The van der Waals surface area contributed by atoms with Crippen LogP contribution in [0, 0.1) is 6.92 Å². The van der Waals surface area contributed by atoms with Crippen LogP contribution in [0.15, 0.2) is 24.3 Å². The lowest BCUT2D eigenvalue weighted by molar-refractivity contribution is 0.0601. The normalized spacial score (nSPS) is 10.3. The number of nitrogens with zero attached hydrogens (tertiary/aromatic N) is 1. The van der Waals surface area contributed by atoms with Gasteiger partial charge >= 0.3 is 5.97 Å². The van der Waals surface area contributed by atoms with Crippen molar-refractivity contribution in [2.75, 3.05) is 19.5 Å². The average Bonchev–Trinajstić information content (AvgIpc) is 2.36. The summed E-state index contributed by atoms with van der Waals surface area (Å²) in [6, 6.07) is 7.46. The number of ether oxygens (including phenoxy) is 1. The molecule has 0 aliphatic heterocycles. The number of nitrogens with one attached hydrogen (secondary N) is 1. The van der Waals surface area contributed by atoms with Gasteiger partial charge in [0.25, 0.3) is 0 Å². The standard InChI is InChI=1S/C13H14N2O2/c1-8-6-9(13(16)17-3)7-11-10(8)4-5-12(14-2)15-11/h4-7H,1-3H3,(H,14,15). The van der Waals surface area contributed by atoms with E-state index < -0.39 is 0 Å². The van der Waals surface area contributed by atoms with Crippen LogP contribution >= 0.6 is 0 Å². The first kappa shape index (κ1) is 11.4. The molecule has 4 nitrogen and oxygen atoms in total. The number of rotatable bonds is 2.